The number of anilines is 1. The van der Waals surface area contributed by atoms with Crippen LogP contribution in [0.2, 0.25) is 0 Å². The third-order valence-corrected chi connectivity index (χ3v) is 6.04. The normalized spacial score (nSPS) is 19.2. The minimum atomic E-state index is -0.628. The number of pyridine rings is 2. The van der Waals surface area contributed by atoms with Crippen LogP contribution in [0.3, 0.4) is 0 Å². The van der Waals surface area contributed by atoms with Crippen molar-refractivity contribution < 1.29 is 13.9 Å². The predicted molar refractivity (Wildman–Crippen MR) is 115 cm³/mol. The van der Waals surface area contributed by atoms with Crippen LogP contribution in [0.4, 0.5) is 10.1 Å². The minimum Gasteiger partial charge on any atom is -0.372 e. The number of halogens is 1. The SMILES string of the molecule is CCc1cc2c([nH]c1=O)C[C@H](CN1CCN(c3ccc(C(=O)NC)nc3F)CC1)OC2. The number of carbonyl (C=O) groups is 1. The van der Waals surface area contributed by atoms with E-state index < -0.39 is 11.9 Å². The van der Waals surface area contributed by atoms with Gasteiger partial charge >= 0.3 is 0 Å². The summed E-state index contributed by atoms with van der Waals surface area (Å²) in [5.74, 6) is -1.03. The Morgan fingerprint density at radius 2 is 2.10 bits per heavy atom. The van der Waals surface area contributed by atoms with Gasteiger partial charge in [-0.2, -0.15) is 4.39 Å². The number of carbonyl (C=O) groups excluding carboxylic acids is 1. The zero-order chi connectivity index (χ0) is 22.0. The van der Waals surface area contributed by atoms with Crippen LogP contribution >= 0.6 is 0 Å². The zero-order valence-corrected chi connectivity index (χ0v) is 17.9. The smallest absolute Gasteiger partial charge is 0.269 e. The molecular weight excluding hydrogens is 401 g/mol. The van der Waals surface area contributed by atoms with Gasteiger partial charge in [0.05, 0.1) is 18.4 Å². The Morgan fingerprint density at radius 3 is 2.77 bits per heavy atom. The summed E-state index contributed by atoms with van der Waals surface area (Å²) in [7, 11) is 1.49. The van der Waals surface area contributed by atoms with Crippen LogP contribution in [-0.2, 0) is 24.2 Å². The highest BCUT2D eigenvalue weighted by Crippen LogP contribution is 2.22. The summed E-state index contributed by atoms with van der Waals surface area (Å²) in [4.78, 5) is 34.8. The van der Waals surface area contributed by atoms with Gasteiger partial charge in [-0.3, -0.25) is 14.5 Å². The average molecular weight is 429 g/mol. The molecule has 1 saturated heterocycles. The summed E-state index contributed by atoms with van der Waals surface area (Å²) in [6, 6.07) is 5.12. The molecule has 0 bridgehead atoms. The molecule has 4 rings (SSSR count). The number of hydrogen-bond acceptors (Lipinski definition) is 6. The van der Waals surface area contributed by atoms with E-state index in [1.165, 1.54) is 7.05 Å². The largest absolute Gasteiger partial charge is 0.372 e. The monoisotopic (exact) mass is 429 g/mol. The average Bonchev–Trinajstić information content (AvgIpc) is 2.78. The highest BCUT2D eigenvalue weighted by atomic mass is 19.1. The highest BCUT2D eigenvalue weighted by molar-refractivity contribution is 5.92. The minimum absolute atomic E-state index is 0.00594. The van der Waals surface area contributed by atoms with Gasteiger partial charge < -0.3 is 19.9 Å². The van der Waals surface area contributed by atoms with Crippen LogP contribution < -0.4 is 15.8 Å². The number of aromatic amines is 1. The summed E-state index contributed by atoms with van der Waals surface area (Å²) >= 11 is 0. The maximum absolute atomic E-state index is 14.4. The number of amides is 1. The number of nitrogens with one attached hydrogen (secondary N) is 2. The number of aromatic nitrogens is 2. The third-order valence-electron chi connectivity index (χ3n) is 6.04. The van der Waals surface area contributed by atoms with Crippen molar-refractivity contribution in [2.45, 2.75) is 32.5 Å². The summed E-state index contributed by atoms with van der Waals surface area (Å²) in [5.41, 5.74) is 3.32. The number of aryl methyl sites for hydroxylation is 1. The second-order valence-electron chi connectivity index (χ2n) is 7.99. The Bertz CT molecular complexity index is 1020. The molecule has 0 unspecified atom stereocenters. The van der Waals surface area contributed by atoms with E-state index in [-0.39, 0.29) is 17.4 Å². The molecule has 0 aliphatic carbocycles. The summed E-state index contributed by atoms with van der Waals surface area (Å²) < 4.78 is 20.5. The fourth-order valence-electron chi connectivity index (χ4n) is 4.22. The van der Waals surface area contributed by atoms with Crippen molar-refractivity contribution in [2.75, 3.05) is 44.7 Å². The van der Waals surface area contributed by atoms with Crippen LogP contribution in [0.15, 0.2) is 23.0 Å². The first-order valence-corrected chi connectivity index (χ1v) is 10.7. The summed E-state index contributed by atoms with van der Waals surface area (Å²) in [6.45, 7) is 6.12. The fourth-order valence-corrected chi connectivity index (χ4v) is 4.22. The van der Waals surface area contributed by atoms with Gasteiger partial charge in [-0.05, 0) is 30.2 Å². The van der Waals surface area contributed by atoms with E-state index >= 15 is 0 Å². The number of rotatable bonds is 5. The van der Waals surface area contributed by atoms with E-state index in [2.05, 4.69) is 20.2 Å². The van der Waals surface area contributed by atoms with Crippen LogP contribution in [0, 0.1) is 5.95 Å². The van der Waals surface area contributed by atoms with Gasteiger partial charge in [-0.15, -0.1) is 0 Å². The lowest BCUT2D eigenvalue weighted by Gasteiger charge is -2.38. The van der Waals surface area contributed by atoms with E-state index in [0.29, 0.717) is 38.2 Å². The van der Waals surface area contributed by atoms with Gasteiger partial charge in [0.2, 0.25) is 5.95 Å². The molecule has 2 aliphatic rings. The standard InChI is InChI=1S/C22H28FN5O3/c1-3-14-10-15-13-31-16(11-18(15)26-21(14)29)12-27-6-8-28(9-7-27)19-5-4-17(22(30)24-2)25-20(19)23/h4-5,10,16H,3,6-9,11-13H2,1-2H3,(H,24,30)(H,26,29)/t16-/m1/s1. The van der Waals surface area contributed by atoms with Crippen LogP contribution in [0.5, 0.6) is 0 Å². The topological polar surface area (TPSA) is 90.6 Å². The van der Waals surface area contributed by atoms with Gasteiger partial charge in [0, 0.05) is 57.4 Å². The number of ether oxygens (including phenoxy) is 1. The van der Waals surface area contributed by atoms with Crippen molar-refractivity contribution in [3.8, 4) is 0 Å². The first-order valence-electron chi connectivity index (χ1n) is 10.7. The van der Waals surface area contributed by atoms with E-state index in [4.69, 9.17) is 4.74 Å². The molecule has 1 amide bonds. The Morgan fingerprint density at radius 1 is 1.32 bits per heavy atom. The van der Waals surface area contributed by atoms with Crippen molar-refractivity contribution in [3.63, 3.8) is 0 Å². The molecule has 0 aromatic carbocycles. The van der Waals surface area contributed by atoms with Crippen LogP contribution in [-0.4, -0.2) is 66.7 Å². The molecule has 31 heavy (non-hydrogen) atoms. The lowest BCUT2D eigenvalue weighted by Crippen LogP contribution is -2.50. The zero-order valence-electron chi connectivity index (χ0n) is 17.9. The molecule has 1 atom stereocenters. The molecule has 2 N–H and O–H groups in total. The van der Waals surface area contributed by atoms with E-state index in [1.807, 2.05) is 17.9 Å². The Balaban J connectivity index is 1.33. The maximum atomic E-state index is 14.4. The number of hydrogen-bond donors (Lipinski definition) is 2. The molecule has 2 aromatic rings. The van der Waals surface area contributed by atoms with Crippen molar-refractivity contribution in [3.05, 3.63) is 57.0 Å². The Hall–Kier alpha value is -2.78. The lowest BCUT2D eigenvalue weighted by atomic mass is 10.0. The van der Waals surface area contributed by atoms with E-state index in [9.17, 15) is 14.0 Å². The van der Waals surface area contributed by atoms with Gasteiger partial charge in [0.25, 0.3) is 11.5 Å². The van der Waals surface area contributed by atoms with Crippen molar-refractivity contribution in [2.24, 2.45) is 0 Å². The lowest BCUT2D eigenvalue weighted by molar-refractivity contribution is 0.00271. The number of nitrogens with zero attached hydrogens (tertiary/aromatic N) is 3. The quantitative estimate of drug-likeness (QED) is 0.692. The molecule has 0 spiro atoms. The Kier molecular flexibility index (Phi) is 6.33. The summed E-state index contributed by atoms with van der Waals surface area (Å²) in [6.07, 6.45) is 1.42. The highest BCUT2D eigenvalue weighted by Gasteiger charge is 2.26. The van der Waals surface area contributed by atoms with Crippen molar-refractivity contribution >= 4 is 11.6 Å². The molecule has 0 saturated carbocycles. The molecule has 1 fully saturated rings. The van der Waals surface area contributed by atoms with Crippen molar-refractivity contribution in [1.82, 2.24) is 20.2 Å². The number of H-pyrrole nitrogens is 1. The summed E-state index contributed by atoms with van der Waals surface area (Å²) in [5, 5.41) is 2.45. The number of fused-ring (bicyclic) bond motifs is 1. The van der Waals surface area contributed by atoms with E-state index in [1.54, 1.807) is 12.1 Å². The maximum Gasteiger partial charge on any atom is 0.269 e. The molecule has 0 radical (unpaired) electrons. The van der Waals surface area contributed by atoms with Gasteiger partial charge in [0.15, 0.2) is 0 Å². The van der Waals surface area contributed by atoms with Gasteiger partial charge in [-0.25, -0.2) is 4.98 Å². The van der Waals surface area contributed by atoms with Crippen molar-refractivity contribution in [1.29, 1.82) is 0 Å². The number of piperazine rings is 1. The second-order valence-corrected chi connectivity index (χ2v) is 7.99. The molecule has 4 heterocycles. The Labute approximate surface area is 180 Å². The van der Waals surface area contributed by atoms with Crippen LogP contribution in [0.25, 0.3) is 0 Å². The predicted octanol–water partition coefficient (Wildman–Crippen LogP) is 1.09. The molecular formula is C22H28FN5O3. The van der Waals surface area contributed by atoms with E-state index in [0.717, 1.165) is 36.5 Å². The third kappa shape index (κ3) is 4.62. The first kappa shape index (κ1) is 21.5. The molecule has 8 nitrogen and oxygen atoms in total. The first-order chi connectivity index (χ1) is 15.0. The van der Waals surface area contributed by atoms with Gasteiger partial charge in [0.1, 0.15) is 5.69 Å². The van der Waals surface area contributed by atoms with Crippen LogP contribution in [0.1, 0.15) is 34.2 Å². The second kappa shape index (κ2) is 9.15. The molecule has 2 aromatic heterocycles. The molecule has 9 heteroatoms. The molecule has 166 valence electrons. The molecule has 2 aliphatic heterocycles. The fraction of sp³-hybridized carbons (Fsp3) is 0.500. The van der Waals surface area contributed by atoms with Gasteiger partial charge in [-0.1, -0.05) is 6.92 Å².